The van der Waals surface area contributed by atoms with Gasteiger partial charge in [-0.2, -0.15) is 0 Å². The smallest absolute Gasteiger partial charge is 0.410 e. The summed E-state index contributed by atoms with van der Waals surface area (Å²) in [6.45, 7) is 10.1. The second-order valence-corrected chi connectivity index (χ2v) is 9.46. The monoisotopic (exact) mass is 463 g/mol. The van der Waals surface area contributed by atoms with Crippen molar-refractivity contribution in [2.45, 2.75) is 57.8 Å². The summed E-state index contributed by atoms with van der Waals surface area (Å²) in [7, 11) is 0. The molecule has 1 heterocycles. The zero-order chi connectivity index (χ0) is 24.0. The van der Waals surface area contributed by atoms with Gasteiger partial charge in [0, 0.05) is 64.3 Å². The van der Waals surface area contributed by atoms with Crippen LogP contribution in [0.5, 0.6) is 0 Å². The molecule has 3 rings (SSSR count). The first-order chi connectivity index (χ1) is 15.6. The third-order valence-corrected chi connectivity index (χ3v) is 5.64. The van der Waals surface area contributed by atoms with Crippen LogP contribution < -0.4 is 0 Å². The van der Waals surface area contributed by atoms with Crippen LogP contribution >= 0.6 is 0 Å². The van der Waals surface area contributed by atoms with Crippen molar-refractivity contribution in [3.63, 3.8) is 0 Å². The Morgan fingerprint density at radius 3 is 2.27 bits per heavy atom. The van der Waals surface area contributed by atoms with Crippen molar-refractivity contribution < 1.29 is 28.7 Å². The van der Waals surface area contributed by atoms with Gasteiger partial charge in [0.05, 0.1) is 16.6 Å². The molecule has 33 heavy (non-hydrogen) atoms. The van der Waals surface area contributed by atoms with E-state index in [9.17, 15) is 19.7 Å². The highest BCUT2D eigenvalue weighted by molar-refractivity contribution is 5.89. The summed E-state index contributed by atoms with van der Waals surface area (Å²) in [6, 6.07) is 5.39. The number of nitrogens with zero attached hydrogens (tertiary/aromatic N) is 3. The molecule has 0 atom stereocenters. The van der Waals surface area contributed by atoms with Gasteiger partial charge in [-0.3, -0.25) is 15.0 Å². The molecule has 1 aromatic rings. The third-order valence-electron chi connectivity index (χ3n) is 5.64. The molecule has 0 N–H and O–H groups in total. The number of non-ortho nitro benzene ring substituents is 1. The van der Waals surface area contributed by atoms with E-state index >= 15 is 0 Å². The number of amides is 1. The lowest BCUT2D eigenvalue weighted by molar-refractivity contribution is -0.384. The summed E-state index contributed by atoms with van der Waals surface area (Å²) in [4.78, 5) is 38.5. The minimum atomic E-state index is -0.507. The van der Waals surface area contributed by atoms with E-state index in [-0.39, 0.29) is 24.0 Å². The lowest BCUT2D eigenvalue weighted by Crippen LogP contribution is -2.50. The molecule has 1 saturated carbocycles. The highest BCUT2D eigenvalue weighted by Gasteiger charge is 2.33. The number of nitro benzene ring substituents is 1. The molecule has 0 unspecified atom stereocenters. The Hall–Kier alpha value is -2.72. The third kappa shape index (κ3) is 7.68. The molecule has 1 aliphatic carbocycles. The minimum absolute atomic E-state index is 0.0615. The predicted octanol–water partition coefficient (Wildman–Crippen LogP) is 3.24. The average molecular weight is 464 g/mol. The maximum atomic E-state index is 12.1. The molecule has 1 aliphatic heterocycles. The number of nitro groups is 1. The lowest BCUT2D eigenvalue weighted by Gasteiger charge is -2.36. The topological polar surface area (TPSA) is 111 Å². The van der Waals surface area contributed by atoms with Crippen LogP contribution in [0.2, 0.25) is 0 Å². The van der Waals surface area contributed by atoms with E-state index < -0.39 is 16.5 Å². The van der Waals surface area contributed by atoms with E-state index in [1.807, 2.05) is 20.8 Å². The Kier molecular flexibility index (Phi) is 8.25. The molecule has 10 heteroatoms. The van der Waals surface area contributed by atoms with Crippen LogP contribution in [0, 0.1) is 10.1 Å². The summed E-state index contributed by atoms with van der Waals surface area (Å²) in [6.07, 6.45) is 1.87. The summed E-state index contributed by atoms with van der Waals surface area (Å²) in [5.74, 6) is -0.473. The SMILES string of the molecule is CC(C)(C)OC(=O)N1CCN(CCCOC2CC(OC(=O)c3ccc([N+](=O)[O-])cc3)C2)CC1. The van der Waals surface area contributed by atoms with Crippen molar-refractivity contribution in [3.05, 3.63) is 39.9 Å². The summed E-state index contributed by atoms with van der Waals surface area (Å²) >= 11 is 0. The molecule has 0 spiro atoms. The van der Waals surface area contributed by atoms with E-state index in [0.717, 1.165) is 26.1 Å². The molecule has 0 radical (unpaired) electrons. The Morgan fingerprint density at radius 1 is 1.06 bits per heavy atom. The van der Waals surface area contributed by atoms with Gasteiger partial charge in [0.15, 0.2) is 0 Å². The number of benzene rings is 1. The molecule has 1 amide bonds. The molecule has 1 saturated heterocycles. The quantitative estimate of drug-likeness (QED) is 0.250. The molecule has 0 aromatic heterocycles. The zero-order valence-corrected chi connectivity index (χ0v) is 19.5. The van der Waals surface area contributed by atoms with E-state index in [2.05, 4.69) is 4.90 Å². The second kappa shape index (κ2) is 10.9. The van der Waals surface area contributed by atoms with Crippen molar-refractivity contribution in [2.75, 3.05) is 39.3 Å². The maximum absolute atomic E-state index is 12.1. The molecule has 1 aromatic carbocycles. The summed E-state index contributed by atoms with van der Waals surface area (Å²) in [5, 5.41) is 10.7. The van der Waals surface area contributed by atoms with Gasteiger partial charge in [0.1, 0.15) is 11.7 Å². The first kappa shape index (κ1) is 24.9. The van der Waals surface area contributed by atoms with Crippen molar-refractivity contribution in [2.24, 2.45) is 0 Å². The Morgan fingerprint density at radius 2 is 1.70 bits per heavy atom. The van der Waals surface area contributed by atoms with Crippen LogP contribution in [0.15, 0.2) is 24.3 Å². The van der Waals surface area contributed by atoms with Crippen LogP contribution in [0.4, 0.5) is 10.5 Å². The van der Waals surface area contributed by atoms with E-state index in [4.69, 9.17) is 14.2 Å². The average Bonchev–Trinajstić information content (AvgIpc) is 2.73. The van der Waals surface area contributed by atoms with E-state index in [0.29, 0.717) is 38.1 Å². The van der Waals surface area contributed by atoms with Crippen LogP contribution in [-0.2, 0) is 14.2 Å². The molecular formula is C23H33N3O7. The summed E-state index contributed by atoms with van der Waals surface area (Å²) < 4.78 is 16.7. The van der Waals surface area contributed by atoms with Gasteiger partial charge in [0.2, 0.25) is 0 Å². The van der Waals surface area contributed by atoms with Crippen molar-refractivity contribution in [1.82, 2.24) is 9.80 Å². The Bertz CT molecular complexity index is 823. The van der Waals surface area contributed by atoms with Gasteiger partial charge in [-0.05, 0) is 39.3 Å². The lowest BCUT2D eigenvalue weighted by atomic mass is 9.92. The van der Waals surface area contributed by atoms with E-state index in [1.165, 1.54) is 24.3 Å². The molecule has 182 valence electrons. The van der Waals surface area contributed by atoms with Gasteiger partial charge in [-0.25, -0.2) is 9.59 Å². The Balaban J connectivity index is 1.24. The fraction of sp³-hybridized carbons (Fsp3) is 0.652. The molecule has 2 aliphatic rings. The van der Waals surface area contributed by atoms with Crippen LogP contribution in [0.1, 0.15) is 50.4 Å². The number of carbonyl (C=O) groups is 2. The number of rotatable bonds is 8. The van der Waals surface area contributed by atoms with Crippen molar-refractivity contribution >= 4 is 17.7 Å². The fourth-order valence-corrected chi connectivity index (χ4v) is 3.71. The van der Waals surface area contributed by atoms with Gasteiger partial charge in [-0.15, -0.1) is 0 Å². The maximum Gasteiger partial charge on any atom is 0.410 e. The minimum Gasteiger partial charge on any atom is -0.459 e. The van der Waals surface area contributed by atoms with Gasteiger partial charge in [0.25, 0.3) is 5.69 Å². The van der Waals surface area contributed by atoms with Crippen LogP contribution in [0.3, 0.4) is 0 Å². The van der Waals surface area contributed by atoms with Crippen LogP contribution in [0.25, 0.3) is 0 Å². The first-order valence-electron chi connectivity index (χ1n) is 11.4. The molecule has 0 bridgehead atoms. The number of hydrogen-bond acceptors (Lipinski definition) is 8. The highest BCUT2D eigenvalue weighted by Crippen LogP contribution is 2.27. The normalized spacial score (nSPS) is 21.2. The predicted molar refractivity (Wildman–Crippen MR) is 120 cm³/mol. The highest BCUT2D eigenvalue weighted by atomic mass is 16.6. The standard InChI is InChI=1S/C23H33N3O7/c1-23(2,3)33-22(28)25-12-10-24(11-13-25)9-4-14-31-19-15-20(16-19)32-21(27)17-5-7-18(8-6-17)26(29)30/h5-8,19-20H,4,9-16H2,1-3H3. The Labute approximate surface area is 193 Å². The number of esters is 1. The fourth-order valence-electron chi connectivity index (χ4n) is 3.71. The van der Waals surface area contributed by atoms with Gasteiger partial charge >= 0.3 is 12.1 Å². The summed E-state index contributed by atoms with van der Waals surface area (Å²) in [5.41, 5.74) is -0.236. The van der Waals surface area contributed by atoms with Gasteiger partial charge < -0.3 is 19.1 Å². The number of hydrogen-bond donors (Lipinski definition) is 0. The van der Waals surface area contributed by atoms with Gasteiger partial charge in [-0.1, -0.05) is 0 Å². The zero-order valence-electron chi connectivity index (χ0n) is 19.5. The molecular weight excluding hydrogens is 430 g/mol. The first-order valence-corrected chi connectivity index (χ1v) is 11.4. The molecule has 2 fully saturated rings. The van der Waals surface area contributed by atoms with Crippen molar-refractivity contribution in [3.8, 4) is 0 Å². The molecule has 10 nitrogen and oxygen atoms in total. The number of piperazine rings is 1. The number of ether oxygens (including phenoxy) is 3. The van der Waals surface area contributed by atoms with E-state index in [1.54, 1.807) is 4.90 Å². The second-order valence-electron chi connectivity index (χ2n) is 9.46. The van der Waals surface area contributed by atoms with Crippen molar-refractivity contribution in [1.29, 1.82) is 0 Å². The largest absolute Gasteiger partial charge is 0.459 e. The van der Waals surface area contributed by atoms with Crippen LogP contribution in [-0.4, -0.2) is 83.9 Å². The number of carbonyl (C=O) groups excluding carboxylic acids is 2.